The summed E-state index contributed by atoms with van der Waals surface area (Å²) in [6.07, 6.45) is 3.01. The Labute approximate surface area is 256 Å². The van der Waals surface area contributed by atoms with Gasteiger partial charge in [-0.2, -0.15) is 0 Å². The van der Waals surface area contributed by atoms with Gasteiger partial charge < -0.3 is 53.0 Å². The predicted octanol–water partition coefficient (Wildman–Crippen LogP) is 1.92. The van der Waals surface area contributed by atoms with E-state index in [1.807, 2.05) is 0 Å². The van der Waals surface area contributed by atoms with Gasteiger partial charge in [0.25, 0.3) is 0 Å². The third-order valence-corrected chi connectivity index (χ3v) is 4.17. The van der Waals surface area contributed by atoms with Crippen LogP contribution in [-0.2, 0) is 59.0 Å². The summed E-state index contributed by atoms with van der Waals surface area (Å²) >= 11 is 11.5. The fourth-order valence-electron chi connectivity index (χ4n) is 2.19. The van der Waals surface area contributed by atoms with Crippen LogP contribution in [0.4, 0.5) is 0 Å². The van der Waals surface area contributed by atoms with Gasteiger partial charge in [-0.1, -0.05) is 46.8 Å². The number of nitrogens with zero attached hydrogens (tertiary/aromatic N) is 4. The minimum Gasteiger partial charge on any atom is -2.00 e. The van der Waals surface area contributed by atoms with Crippen molar-refractivity contribution >= 4 is 35.6 Å². The molecule has 0 heterocycles. The molecule has 12 nitrogen and oxygen atoms in total. The van der Waals surface area contributed by atoms with E-state index in [-0.39, 0.29) is 83.7 Å². The molecule has 0 aliphatic heterocycles. The first-order valence-electron chi connectivity index (χ1n) is 9.89. The molecule has 2 aromatic rings. The molecule has 0 saturated carbocycles. The van der Waals surface area contributed by atoms with Crippen molar-refractivity contribution in [1.82, 2.24) is 0 Å². The van der Waals surface area contributed by atoms with E-state index in [1.165, 1.54) is 24.6 Å². The molecule has 38 heavy (non-hydrogen) atoms. The van der Waals surface area contributed by atoms with Gasteiger partial charge in [-0.25, -0.2) is 0 Å². The van der Waals surface area contributed by atoms with Gasteiger partial charge >= 0.3 is 0 Å². The zero-order valence-corrected chi connectivity index (χ0v) is 24.4. The van der Waals surface area contributed by atoms with Crippen LogP contribution in [-0.4, -0.2) is 75.1 Å². The maximum atomic E-state index is 11.3. The fourth-order valence-corrected chi connectivity index (χ4v) is 2.55. The zero-order chi connectivity index (χ0) is 23.6. The molecule has 0 unspecified atom stereocenters. The topological polar surface area (TPSA) is 254 Å². The number of halogens is 2. The standard InChI is InChI=1S/2C11H14ClN2O2.4O.2V/c2*12-10-1-2-11(16)9(7-10)8-14-4-3-13-5-6-15;;;;;;/h2*1-2,7-8,15-16H,3-6H2;;;;;;/q2*-1;4*-2;;/p-2. The van der Waals surface area contributed by atoms with Crippen molar-refractivity contribution < 1.29 is 79.4 Å². The summed E-state index contributed by atoms with van der Waals surface area (Å²) in [5, 5.41) is 48.6. The Morgan fingerprint density at radius 2 is 1.00 bits per heavy atom. The number of rotatable bonds is 12. The Morgan fingerprint density at radius 1 is 0.658 bits per heavy atom. The van der Waals surface area contributed by atoms with E-state index < -0.39 is 0 Å². The van der Waals surface area contributed by atoms with E-state index in [4.69, 9.17) is 33.4 Å². The average Bonchev–Trinajstić information content (AvgIpc) is 2.78. The minimum absolute atomic E-state index is 0. The Kier molecular flexibility index (Phi) is 41.9. The van der Waals surface area contributed by atoms with Gasteiger partial charge in [0, 0.05) is 85.9 Å². The van der Waals surface area contributed by atoms with Crippen LogP contribution >= 0.6 is 23.2 Å². The second-order valence-corrected chi connectivity index (χ2v) is 7.10. The molecule has 0 atom stereocenters. The number of hydrogen-bond acceptors (Lipinski definition) is 6. The maximum Gasteiger partial charge on any atom is 0.0412 e. The Bertz CT molecular complexity index is 803. The first-order chi connectivity index (χ1) is 15.5. The molecule has 0 bridgehead atoms. The quantitative estimate of drug-likeness (QED) is 0.259. The van der Waals surface area contributed by atoms with Crippen LogP contribution in [0.2, 0.25) is 10.0 Å². The van der Waals surface area contributed by atoms with E-state index in [9.17, 15) is 10.2 Å². The van der Waals surface area contributed by atoms with E-state index >= 15 is 0 Å². The van der Waals surface area contributed by atoms with Crippen LogP contribution in [0.25, 0.3) is 10.6 Å². The second kappa shape index (κ2) is 32.0. The van der Waals surface area contributed by atoms with Crippen molar-refractivity contribution in [2.24, 2.45) is 9.98 Å². The largest absolute Gasteiger partial charge is 2.00 e. The molecule has 0 spiro atoms. The summed E-state index contributed by atoms with van der Waals surface area (Å²) in [6.45, 7) is 3.08. The first kappa shape index (κ1) is 49.7. The molecule has 0 aliphatic carbocycles. The first-order valence-corrected chi connectivity index (χ1v) is 10.6. The van der Waals surface area contributed by atoms with Crippen molar-refractivity contribution in [1.29, 1.82) is 0 Å². The third kappa shape index (κ3) is 23.9. The minimum atomic E-state index is -0.0968. The Morgan fingerprint density at radius 3 is 1.32 bits per heavy atom. The average molecular weight is 647 g/mol. The van der Waals surface area contributed by atoms with Crippen molar-refractivity contribution in [3.8, 4) is 11.5 Å². The molecular formula is C22H26Cl2N4O8V2-12. The van der Waals surface area contributed by atoms with Crippen LogP contribution in [0.1, 0.15) is 11.1 Å². The molecule has 0 aliphatic rings. The molecule has 218 valence electrons. The molecule has 0 aromatic heterocycles. The zero-order valence-electron chi connectivity index (χ0n) is 20.1. The van der Waals surface area contributed by atoms with Gasteiger partial charge in [-0.05, 0) is 35.4 Å². The van der Waals surface area contributed by atoms with E-state index in [0.29, 0.717) is 60.4 Å². The van der Waals surface area contributed by atoms with E-state index in [2.05, 4.69) is 20.6 Å². The Balaban J connectivity index is -0.000000116. The van der Waals surface area contributed by atoms with Crippen LogP contribution in [0.5, 0.6) is 11.5 Å². The van der Waals surface area contributed by atoms with Crippen molar-refractivity contribution in [3.63, 3.8) is 0 Å². The number of aliphatic hydroxyl groups is 2. The molecule has 2 N–H and O–H groups in total. The van der Waals surface area contributed by atoms with E-state index in [1.54, 1.807) is 24.3 Å². The molecule has 2 radical (unpaired) electrons. The summed E-state index contributed by atoms with van der Waals surface area (Å²) in [7, 11) is 0. The smallest absolute Gasteiger partial charge is 0.0412 e. The normalized spacial score (nSPS) is 9.37. The van der Waals surface area contributed by atoms with Gasteiger partial charge in [0.05, 0.1) is 0 Å². The SMILES string of the molecule is [O-2].[O-2].[O-2].[O-2].[O-]c1ccc(Cl)cc1C=NCC[N-]CCO.[O-]c1ccc(Cl)cc1C=NCC[N-]CCO.[V].[V]. The fraction of sp³-hybridized carbons (Fsp3) is 0.364. The number of aliphatic hydroxyl groups excluding tert-OH is 2. The third-order valence-electron chi connectivity index (χ3n) is 3.70. The summed E-state index contributed by atoms with van der Waals surface area (Å²) in [6, 6.07) is 9.10. The predicted molar refractivity (Wildman–Crippen MR) is 130 cm³/mol. The van der Waals surface area contributed by atoms with Crippen molar-refractivity contribution in [3.05, 3.63) is 68.2 Å². The van der Waals surface area contributed by atoms with Crippen LogP contribution in [0, 0.1) is 0 Å². The van der Waals surface area contributed by atoms with Crippen molar-refractivity contribution in [2.75, 3.05) is 52.5 Å². The second-order valence-electron chi connectivity index (χ2n) is 6.22. The molecule has 16 heteroatoms. The molecular weight excluding hydrogens is 621 g/mol. The monoisotopic (exact) mass is 646 g/mol. The number of benzene rings is 2. The molecule has 2 rings (SSSR count). The van der Waals surface area contributed by atoms with Gasteiger partial charge in [0.15, 0.2) is 0 Å². The summed E-state index contributed by atoms with van der Waals surface area (Å²) in [4.78, 5) is 8.11. The van der Waals surface area contributed by atoms with Crippen molar-refractivity contribution in [2.45, 2.75) is 0 Å². The summed E-state index contributed by atoms with van der Waals surface area (Å²) < 4.78 is 0. The van der Waals surface area contributed by atoms with Gasteiger partial charge in [0.1, 0.15) is 0 Å². The van der Waals surface area contributed by atoms with Crippen LogP contribution < -0.4 is 10.2 Å². The maximum absolute atomic E-state index is 11.3. The Hall–Kier alpha value is -1.19. The molecule has 0 amide bonds. The number of aliphatic imine (C=N–C) groups is 2. The number of hydrogen-bond donors (Lipinski definition) is 2. The van der Waals surface area contributed by atoms with Crippen LogP contribution in [0.3, 0.4) is 0 Å². The van der Waals surface area contributed by atoms with Gasteiger partial charge in [-0.3, -0.25) is 9.98 Å². The molecule has 0 fully saturated rings. The summed E-state index contributed by atoms with van der Waals surface area (Å²) in [5.41, 5.74) is 0.962. The molecule has 0 saturated heterocycles. The van der Waals surface area contributed by atoms with E-state index in [0.717, 1.165) is 0 Å². The van der Waals surface area contributed by atoms with Gasteiger partial charge in [-0.15, -0.1) is 26.2 Å². The molecule has 2 aromatic carbocycles. The summed E-state index contributed by atoms with van der Waals surface area (Å²) in [5.74, 6) is -0.194. The van der Waals surface area contributed by atoms with Crippen LogP contribution in [0.15, 0.2) is 46.4 Å². The van der Waals surface area contributed by atoms with Gasteiger partial charge in [0.2, 0.25) is 0 Å².